The zero-order chi connectivity index (χ0) is 12.9. The highest BCUT2D eigenvalue weighted by atomic mass is 32.2. The van der Waals surface area contributed by atoms with E-state index in [0.717, 1.165) is 19.3 Å². The second-order valence-electron chi connectivity index (χ2n) is 5.06. The van der Waals surface area contributed by atoms with Crippen LogP contribution in [0.3, 0.4) is 0 Å². The standard InChI is InChI=1S/C12H21NO3S/c1-9(2)17-7-10(14)13-8-12(4-3-5-12)6-11(15)16/h9H,3-8H2,1-2H3,(H,13,14)(H,15,16). The van der Waals surface area contributed by atoms with Crippen LogP contribution < -0.4 is 5.32 Å². The van der Waals surface area contributed by atoms with Gasteiger partial charge >= 0.3 is 5.97 Å². The molecule has 5 heteroatoms. The van der Waals surface area contributed by atoms with Crippen LogP contribution in [0.2, 0.25) is 0 Å². The van der Waals surface area contributed by atoms with Gasteiger partial charge in [-0.05, 0) is 23.5 Å². The second kappa shape index (κ2) is 6.28. The molecule has 1 amide bonds. The summed E-state index contributed by atoms with van der Waals surface area (Å²) in [5.41, 5.74) is -0.177. The maximum atomic E-state index is 11.5. The number of carboxylic acid groups (broad SMARTS) is 1. The van der Waals surface area contributed by atoms with Crippen LogP contribution in [0.15, 0.2) is 0 Å². The number of carboxylic acids is 1. The third kappa shape index (κ3) is 4.98. The van der Waals surface area contributed by atoms with Gasteiger partial charge in [-0.3, -0.25) is 9.59 Å². The van der Waals surface area contributed by atoms with Gasteiger partial charge in [0.05, 0.1) is 12.2 Å². The van der Waals surface area contributed by atoms with Gasteiger partial charge in [0, 0.05) is 6.54 Å². The largest absolute Gasteiger partial charge is 0.481 e. The number of carbonyl (C=O) groups excluding carboxylic acids is 1. The van der Waals surface area contributed by atoms with E-state index in [1.54, 1.807) is 11.8 Å². The quantitative estimate of drug-likeness (QED) is 0.732. The number of carbonyl (C=O) groups is 2. The van der Waals surface area contributed by atoms with Gasteiger partial charge in [0.1, 0.15) is 0 Å². The summed E-state index contributed by atoms with van der Waals surface area (Å²) < 4.78 is 0. The highest BCUT2D eigenvalue weighted by molar-refractivity contribution is 8.00. The number of thioether (sulfide) groups is 1. The number of aliphatic carboxylic acids is 1. The molecule has 0 spiro atoms. The molecular weight excluding hydrogens is 238 g/mol. The molecule has 98 valence electrons. The van der Waals surface area contributed by atoms with Crippen molar-refractivity contribution in [3.63, 3.8) is 0 Å². The van der Waals surface area contributed by atoms with Crippen molar-refractivity contribution in [1.82, 2.24) is 5.32 Å². The molecule has 0 aromatic rings. The Morgan fingerprint density at radius 2 is 2.06 bits per heavy atom. The summed E-state index contributed by atoms with van der Waals surface area (Å²) in [6.07, 6.45) is 3.07. The molecule has 0 aliphatic heterocycles. The third-order valence-electron chi connectivity index (χ3n) is 3.15. The minimum Gasteiger partial charge on any atom is -0.481 e. The Hall–Kier alpha value is -0.710. The molecule has 1 aliphatic rings. The first kappa shape index (κ1) is 14.4. The van der Waals surface area contributed by atoms with Gasteiger partial charge in [-0.15, -0.1) is 11.8 Å². The minimum atomic E-state index is -0.768. The normalized spacial score (nSPS) is 17.6. The molecule has 0 aromatic carbocycles. The first-order valence-corrected chi connectivity index (χ1v) is 7.08. The Morgan fingerprint density at radius 1 is 1.41 bits per heavy atom. The van der Waals surface area contributed by atoms with Gasteiger partial charge in [0.25, 0.3) is 0 Å². The van der Waals surface area contributed by atoms with Crippen LogP contribution in [-0.2, 0) is 9.59 Å². The van der Waals surface area contributed by atoms with E-state index in [4.69, 9.17) is 5.11 Å². The predicted octanol–water partition coefficient (Wildman–Crippen LogP) is 1.89. The van der Waals surface area contributed by atoms with E-state index in [1.807, 2.05) is 0 Å². The van der Waals surface area contributed by atoms with Gasteiger partial charge in [-0.1, -0.05) is 20.3 Å². The van der Waals surface area contributed by atoms with Crippen LogP contribution in [-0.4, -0.2) is 34.5 Å². The molecule has 0 radical (unpaired) electrons. The lowest BCUT2D eigenvalue weighted by Crippen LogP contribution is -2.44. The van der Waals surface area contributed by atoms with E-state index in [-0.39, 0.29) is 17.7 Å². The van der Waals surface area contributed by atoms with Crippen LogP contribution in [0.5, 0.6) is 0 Å². The molecule has 0 saturated heterocycles. The van der Waals surface area contributed by atoms with Crippen molar-refractivity contribution in [2.75, 3.05) is 12.3 Å². The number of hydrogen-bond acceptors (Lipinski definition) is 3. The maximum Gasteiger partial charge on any atom is 0.303 e. The fraction of sp³-hybridized carbons (Fsp3) is 0.833. The van der Waals surface area contributed by atoms with Crippen molar-refractivity contribution in [3.8, 4) is 0 Å². The number of hydrogen-bond donors (Lipinski definition) is 2. The summed E-state index contributed by atoms with van der Waals surface area (Å²) in [6.45, 7) is 4.61. The molecule has 2 N–H and O–H groups in total. The zero-order valence-electron chi connectivity index (χ0n) is 10.5. The van der Waals surface area contributed by atoms with Crippen molar-refractivity contribution < 1.29 is 14.7 Å². The van der Waals surface area contributed by atoms with Gasteiger partial charge < -0.3 is 10.4 Å². The van der Waals surface area contributed by atoms with Crippen molar-refractivity contribution in [3.05, 3.63) is 0 Å². The van der Waals surface area contributed by atoms with Crippen LogP contribution in [0.25, 0.3) is 0 Å². The van der Waals surface area contributed by atoms with E-state index >= 15 is 0 Å². The molecule has 4 nitrogen and oxygen atoms in total. The SMILES string of the molecule is CC(C)SCC(=O)NCC1(CC(=O)O)CCC1. The number of rotatable bonds is 7. The van der Waals surface area contributed by atoms with Gasteiger partial charge in [0.2, 0.25) is 5.91 Å². The van der Waals surface area contributed by atoms with Crippen LogP contribution in [0.1, 0.15) is 39.5 Å². The van der Waals surface area contributed by atoms with Crippen LogP contribution in [0, 0.1) is 5.41 Å². The molecule has 1 rings (SSSR count). The van der Waals surface area contributed by atoms with E-state index in [2.05, 4.69) is 19.2 Å². The Balaban J connectivity index is 2.28. The summed E-state index contributed by atoms with van der Waals surface area (Å²) in [5.74, 6) is -0.295. The monoisotopic (exact) mass is 259 g/mol. The molecule has 1 fully saturated rings. The summed E-state index contributed by atoms with van der Waals surface area (Å²) in [6, 6.07) is 0. The van der Waals surface area contributed by atoms with Gasteiger partial charge in [-0.25, -0.2) is 0 Å². The predicted molar refractivity (Wildman–Crippen MR) is 69.1 cm³/mol. The molecular formula is C12H21NO3S. The fourth-order valence-electron chi connectivity index (χ4n) is 1.99. The topological polar surface area (TPSA) is 66.4 Å². The average molecular weight is 259 g/mol. The smallest absolute Gasteiger partial charge is 0.303 e. The Kier molecular flexibility index (Phi) is 5.31. The van der Waals surface area contributed by atoms with Crippen LogP contribution >= 0.6 is 11.8 Å². The maximum absolute atomic E-state index is 11.5. The Labute approximate surface area is 107 Å². The van der Waals surface area contributed by atoms with Gasteiger partial charge in [-0.2, -0.15) is 0 Å². The van der Waals surface area contributed by atoms with E-state index in [0.29, 0.717) is 17.5 Å². The molecule has 1 aliphatic carbocycles. The molecule has 0 aromatic heterocycles. The summed E-state index contributed by atoms with van der Waals surface area (Å²) in [5, 5.41) is 12.1. The first-order chi connectivity index (χ1) is 7.93. The number of nitrogens with one attached hydrogen (secondary N) is 1. The minimum absolute atomic E-state index is 0.0142. The van der Waals surface area contributed by atoms with E-state index in [9.17, 15) is 9.59 Å². The molecule has 0 heterocycles. The Bertz CT molecular complexity index is 287. The van der Waals surface area contributed by atoms with Crippen molar-refractivity contribution >= 4 is 23.6 Å². The van der Waals surface area contributed by atoms with Crippen molar-refractivity contribution in [2.45, 2.75) is 44.8 Å². The summed E-state index contributed by atoms with van der Waals surface area (Å²) in [7, 11) is 0. The molecule has 0 atom stereocenters. The lowest BCUT2D eigenvalue weighted by atomic mass is 9.66. The molecule has 1 saturated carbocycles. The van der Waals surface area contributed by atoms with Crippen molar-refractivity contribution in [2.24, 2.45) is 5.41 Å². The van der Waals surface area contributed by atoms with E-state index in [1.165, 1.54) is 0 Å². The van der Waals surface area contributed by atoms with Gasteiger partial charge in [0.15, 0.2) is 0 Å². The Morgan fingerprint density at radius 3 is 2.47 bits per heavy atom. The first-order valence-electron chi connectivity index (χ1n) is 6.04. The second-order valence-corrected chi connectivity index (χ2v) is 6.63. The van der Waals surface area contributed by atoms with Crippen molar-refractivity contribution in [1.29, 1.82) is 0 Å². The average Bonchev–Trinajstić information content (AvgIpc) is 2.18. The lowest BCUT2D eigenvalue weighted by Gasteiger charge is -2.40. The third-order valence-corrected chi connectivity index (χ3v) is 4.24. The molecule has 0 bridgehead atoms. The van der Waals surface area contributed by atoms with E-state index < -0.39 is 5.97 Å². The highest BCUT2D eigenvalue weighted by Crippen LogP contribution is 2.43. The zero-order valence-corrected chi connectivity index (χ0v) is 11.3. The number of amides is 1. The molecule has 17 heavy (non-hydrogen) atoms. The summed E-state index contributed by atoms with van der Waals surface area (Å²) in [4.78, 5) is 22.3. The highest BCUT2D eigenvalue weighted by Gasteiger charge is 2.39. The fourth-order valence-corrected chi connectivity index (χ4v) is 2.58. The van der Waals surface area contributed by atoms with Crippen LogP contribution in [0.4, 0.5) is 0 Å². The lowest BCUT2D eigenvalue weighted by molar-refractivity contribution is -0.141. The molecule has 0 unspecified atom stereocenters. The summed E-state index contributed by atoms with van der Waals surface area (Å²) >= 11 is 1.60.